The molecule has 4 nitrogen and oxygen atoms in total. The normalized spacial score (nSPS) is 39.0. The Labute approximate surface area is 165 Å². The lowest BCUT2D eigenvalue weighted by atomic mass is 9.48. The quantitative estimate of drug-likeness (QED) is 0.631. The van der Waals surface area contributed by atoms with Gasteiger partial charge in [0, 0.05) is 29.8 Å². The summed E-state index contributed by atoms with van der Waals surface area (Å²) in [6.45, 7) is 0.472. The van der Waals surface area contributed by atoms with Gasteiger partial charge in [0.15, 0.2) is 0 Å². The van der Waals surface area contributed by atoms with Gasteiger partial charge in [-0.3, -0.25) is 9.59 Å². The van der Waals surface area contributed by atoms with Crippen molar-refractivity contribution in [2.24, 2.45) is 17.3 Å². The maximum absolute atomic E-state index is 12.5. The second-order valence-corrected chi connectivity index (χ2v) is 11.5. The summed E-state index contributed by atoms with van der Waals surface area (Å²) >= 11 is 4.02. The number of hydrogen-bond donors (Lipinski definition) is 2. The molecule has 2 atom stereocenters. The maximum atomic E-state index is 12.5. The Morgan fingerprint density at radius 2 is 1.65 bits per heavy atom. The van der Waals surface area contributed by atoms with Crippen LogP contribution in [0.3, 0.4) is 0 Å². The highest BCUT2D eigenvalue weighted by atomic mass is 79.9. The molecular weight excluding hydrogens is 392 g/mol. The van der Waals surface area contributed by atoms with Crippen molar-refractivity contribution in [3.8, 4) is 0 Å². The molecular formula is C21H33BrN2O2. The Balaban J connectivity index is 1.20. The van der Waals surface area contributed by atoms with Gasteiger partial charge in [-0.25, -0.2) is 0 Å². The third kappa shape index (κ3) is 4.28. The number of rotatable bonds is 6. The van der Waals surface area contributed by atoms with Crippen LogP contribution in [0, 0.1) is 17.3 Å². The van der Waals surface area contributed by atoms with Gasteiger partial charge < -0.3 is 10.6 Å². The van der Waals surface area contributed by atoms with Crippen molar-refractivity contribution in [2.45, 2.75) is 93.8 Å². The van der Waals surface area contributed by atoms with Crippen LogP contribution in [0.5, 0.6) is 0 Å². The van der Waals surface area contributed by atoms with E-state index in [1.165, 1.54) is 51.4 Å². The fourth-order valence-corrected chi connectivity index (χ4v) is 8.32. The molecule has 5 aliphatic rings. The molecule has 0 aromatic carbocycles. The summed E-state index contributed by atoms with van der Waals surface area (Å²) in [6, 6.07) is 0.356. The molecule has 5 saturated carbocycles. The van der Waals surface area contributed by atoms with E-state index in [9.17, 15) is 9.59 Å². The van der Waals surface area contributed by atoms with Gasteiger partial charge in [-0.15, -0.1) is 0 Å². The van der Waals surface area contributed by atoms with Gasteiger partial charge in [-0.1, -0.05) is 35.2 Å². The minimum atomic E-state index is 0.0893. The lowest BCUT2D eigenvalue weighted by Crippen LogP contribution is -2.54. The number of carbonyl (C=O) groups is 2. The van der Waals surface area contributed by atoms with Crippen LogP contribution >= 0.6 is 15.9 Å². The molecule has 0 aromatic rings. The Kier molecular flexibility index (Phi) is 5.37. The summed E-state index contributed by atoms with van der Waals surface area (Å²) in [4.78, 5) is 24.6. The van der Waals surface area contributed by atoms with E-state index >= 15 is 0 Å². The van der Waals surface area contributed by atoms with E-state index in [-0.39, 0.29) is 17.2 Å². The molecule has 4 bridgehead atoms. The third-order valence-corrected chi connectivity index (χ3v) is 8.22. The van der Waals surface area contributed by atoms with Gasteiger partial charge in [-0.05, 0) is 68.6 Å². The smallest absolute Gasteiger partial charge is 0.221 e. The van der Waals surface area contributed by atoms with Crippen LogP contribution in [0.1, 0.15) is 83.5 Å². The summed E-state index contributed by atoms with van der Waals surface area (Å²) in [5, 5.41) is 6.15. The van der Waals surface area contributed by atoms with Crippen LogP contribution in [-0.2, 0) is 9.59 Å². The standard InChI is InChI=1S/C21H33BrN2O2/c22-21-11-15-8-16(12-21)10-20(9-15,14-21)13-19(26)23-7-6-18(25)24-17-4-2-1-3-5-17/h15-17H,1-14H2,(H,23,26)(H,24,25). The van der Waals surface area contributed by atoms with Crippen LogP contribution in [-0.4, -0.2) is 28.7 Å². The summed E-state index contributed by atoms with van der Waals surface area (Å²) in [5.41, 5.74) is 0.210. The van der Waals surface area contributed by atoms with Gasteiger partial charge >= 0.3 is 0 Å². The zero-order valence-electron chi connectivity index (χ0n) is 15.8. The van der Waals surface area contributed by atoms with Gasteiger partial charge in [0.25, 0.3) is 0 Å². The van der Waals surface area contributed by atoms with E-state index in [0.717, 1.165) is 31.1 Å². The van der Waals surface area contributed by atoms with Crippen molar-refractivity contribution >= 4 is 27.7 Å². The fraction of sp³-hybridized carbons (Fsp3) is 0.905. The number of alkyl halides is 1. The number of nitrogens with one attached hydrogen (secondary N) is 2. The Hall–Kier alpha value is -0.580. The Bertz CT molecular complexity index is 544. The van der Waals surface area contributed by atoms with Crippen LogP contribution in [0.2, 0.25) is 0 Å². The zero-order chi connectivity index (χ0) is 18.2. The second kappa shape index (κ2) is 7.44. The summed E-state index contributed by atoms with van der Waals surface area (Å²) in [7, 11) is 0. The van der Waals surface area contributed by atoms with Gasteiger partial charge in [-0.2, -0.15) is 0 Å². The fourth-order valence-electron chi connectivity index (χ4n) is 6.81. The van der Waals surface area contributed by atoms with E-state index < -0.39 is 0 Å². The molecule has 0 saturated heterocycles. The van der Waals surface area contributed by atoms with Crippen molar-refractivity contribution in [1.82, 2.24) is 10.6 Å². The summed E-state index contributed by atoms with van der Waals surface area (Å²) in [5.74, 6) is 1.86. The van der Waals surface area contributed by atoms with Crippen molar-refractivity contribution in [2.75, 3.05) is 6.54 Å². The van der Waals surface area contributed by atoms with E-state index in [1.54, 1.807) is 0 Å². The minimum Gasteiger partial charge on any atom is -0.356 e. The van der Waals surface area contributed by atoms with Gasteiger partial charge in [0.1, 0.15) is 0 Å². The highest BCUT2D eigenvalue weighted by Gasteiger charge is 2.57. The Morgan fingerprint density at radius 3 is 2.31 bits per heavy atom. The largest absolute Gasteiger partial charge is 0.356 e. The van der Waals surface area contributed by atoms with E-state index in [2.05, 4.69) is 26.6 Å². The molecule has 2 amide bonds. The average molecular weight is 425 g/mol. The highest BCUT2D eigenvalue weighted by molar-refractivity contribution is 9.10. The molecule has 5 heteroatoms. The monoisotopic (exact) mass is 424 g/mol. The predicted molar refractivity (Wildman–Crippen MR) is 106 cm³/mol. The van der Waals surface area contributed by atoms with E-state index in [4.69, 9.17) is 0 Å². The van der Waals surface area contributed by atoms with Crippen LogP contribution < -0.4 is 10.6 Å². The molecule has 0 radical (unpaired) electrons. The molecule has 2 N–H and O–H groups in total. The van der Waals surface area contributed by atoms with Crippen molar-refractivity contribution < 1.29 is 9.59 Å². The number of amides is 2. The van der Waals surface area contributed by atoms with Crippen molar-refractivity contribution in [3.05, 3.63) is 0 Å². The highest BCUT2D eigenvalue weighted by Crippen LogP contribution is 2.65. The van der Waals surface area contributed by atoms with Crippen molar-refractivity contribution in [1.29, 1.82) is 0 Å². The Morgan fingerprint density at radius 1 is 0.962 bits per heavy atom. The van der Waals surface area contributed by atoms with Crippen LogP contribution in [0.25, 0.3) is 0 Å². The lowest BCUT2D eigenvalue weighted by Gasteiger charge is -2.60. The van der Waals surface area contributed by atoms with Gasteiger partial charge in [0.2, 0.25) is 11.8 Å². The average Bonchev–Trinajstić information content (AvgIpc) is 2.52. The molecule has 5 aliphatic carbocycles. The maximum Gasteiger partial charge on any atom is 0.221 e. The topological polar surface area (TPSA) is 58.2 Å². The summed E-state index contributed by atoms with van der Waals surface area (Å²) in [6.07, 6.45) is 14.6. The molecule has 146 valence electrons. The molecule has 0 heterocycles. The van der Waals surface area contributed by atoms with Gasteiger partial charge in [0.05, 0.1) is 0 Å². The SMILES string of the molecule is O=C(CC12CC3CC(CC(Br)(C3)C1)C2)NCCC(=O)NC1CCCCC1. The molecule has 0 aliphatic heterocycles. The van der Waals surface area contributed by atoms with Crippen LogP contribution in [0.4, 0.5) is 0 Å². The first-order chi connectivity index (χ1) is 12.4. The first kappa shape index (κ1) is 18.8. The molecule has 0 spiro atoms. The first-order valence-corrected chi connectivity index (χ1v) is 11.5. The molecule has 2 unspecified atom stereocenters. The lowest BCUT2D eigenvalue weighted by molar-refractivity contribution is -0.128. The van der Waals surface area contributed by atoms with E-state index in [0.29, 0.717) is 29.8 Å². The molecule has 0 aromatic heterocycles. The molecule has 5 fully saturated rings. The second-order valence-electron chi connectivity index (χ2n) is 9.79. The first-order valence-electron chi connectivity index (χ1n) is 10.7. The third-order valence-electron chi connectivity index (χ3n) is 7.29. The number of halogens is 1. The minimum absolute atomic E-state index is 0.0893. The van der Waals surface area contributed by atoms with E-state index in [1.807, 2.05) is 0 Å². The van der Waals surface area contributed by atoms with Crippen molar-refractivity contribution in [3.63, 3.8) is 0 Å². The van der Waals surface area contributed by atoms with Crippen LogP contribution in [0.15, 0.2) is 0 Å². The molecule has 5 rings (SSSR count). The number of hydrogen-bond acceptors (Lipinski definition) is 2. The summed E-state index contributed by atoms with van der Waals surface area (Å²) < 4.78 is 0.303. The predicted octanol–water partition coefficient (Wildman–Crippen LogP) is 4.07. The number of carbonyl (C=O) groups excluding carboxylic acids is 2. The molecule has 26 heavy (non-hydrogen) atoms. The zero-order valence-corrected chi connectivity index (χ0v) is 17.4.